The predicted octanol–water partition coefficient (Wildman–Crippen LogP) is 6.34. The van der Waals surface area contributed by atoms with Gasteiger partial charge < -0.3 is 9.30 Å². The molecular formula is C33H30N2O3S. The van der Waals surface area contributed by atoms with Crippen molar-refractivity contribution in [2.24, 2.45) is 0 Å². The van der Waals surface area contributed by atoms with E-state index in [2.05, 4.69) is 60.0 Å². The summed E-state index contributed by atoms with van der Waals surface area (Å²) in [6.45, 7) is 5.23. The third-order valence-electron chi connectivity index (χ3n) is 8.13. The van der Waals surface area contributed by atoms with Gasteiger partial charge in [0.25, 0.3) is 0 Å². The average Bonchev–Trinajstić information content (AvgIpc) is 3.45. The second-order valence-corrected chi connectivity index (χ2v) is 12.8. The lowest BCUT2D eigenvalue weighted by Gasteiger charge is -2.40. The van der Waals surface area contributed by atoms with Crippen molar-refractivity contribution in [1.82, 2.24) is 8.87 Å². The predicted molar refractivity (Wildman–Crippen MR) is 153 cm³/mol. The first-order valence-electron chi connectivity index (χ1n) is 13.3. The maximum absolute atomic E-state index is 14.1. The van der Waals surface area contributed by atoms with E-state index in [1.807, 2.05) is 43.3 Å². The van der Waals surface area contributed by atoms with Gasteiger partial charge in [-0.25, -0.2) is 8.42 Å². The Bertz CT molecular complexity index is 1820. The van der Waals surface area contributed by atoms with Crippen molar-refractivity contribution in [2.75, 3.05) is 6.54 Å². The SMILES string of the molecule is Cc1ccc(S(=O)(=O)N2Cc3c(c4ccccc4n3Cc3ccccc3)[C@]3(Cc4cc(C)ccc4O3)C2)cc1. The summed E-state index contributed by atoms with van der Waals surface area (Å²) in [5.41, 5.74) is 6.86. The third-order valence-corrected chi connectivity index (χ3v) is 9.94. The molecule has 1 spiro atoms. The molecule has 0 amide bonds. The first-order valence-corrected chi connectivity index (χ1v) is 14.8. The zero-order valence-electron chi connectivity index (χ0n) is 22.1. The first kappa shape index (κ1) is 24.2. The van der Waals surface area contributed by atoms with E-state index in [-0.39, 0.29) is 13.1 Å². The maximum Gasteiger partial charge on any atom is 0.243 e. The minimum Gasteiger partial charge on any atom is -0.480 e. The summed E-state index contributed by atoms with van der Waals surface area (Å²) in [7, 11) is -3.77. The largest absolute Gasteiger partial charge is 0.480 e. The first-order chi connectivity index (χ1) is 18.8. The summed E-state index contributed by atoms with van der Waals surface area (Å²) in [6, 6.07) is 32.1. The fraction of sp³-hybridized carbons (Fsp3) is 0.212. The van der Waals surface area contributed by atoms with Gasteiger partial charge in [0.1, 0.15) is 5.75 Å². The Morgan fingerprint density at radius 1 is 0.846 bits per heavy atom. The highest BCUT2D eigenvalue weighted by molar-refractivity contribution is 7.89. The van der Waals surface area contributed by atoms with Gasteiger partial charge in [-0.2, -0.15) is 4.31 Å². The van der Waals surface area contributed by atoms with E-state index in [9.17, 15) is 8.42 Å². The molecule has 1 atom stereocenters. The molecule has 0 bridgehead atoms. The van der Waals surface area contributed by atoms with E-state index >= 15 is 0 Å². The van der Waals surface area contributed by atoms with Crippen LogP contribution >= 0.6 is 0 Å². The molecule has 5 nitrogen and oxygen atoms in total. The van der Waals surface area contributed by atoms with Crippen molar-refractivity contribution in [3.05, 3.63) is 131 Å². The van der Waals surface area contributed by atoms with Crippen LogP contribution in [0.25, 0.3) is 10.9 Å². The lowest BCUT2D eigenvalue weighted by molar-refractivity contribution is 0.0551. The van der Waals surface area contributed by atoms with E-state index in [0.29, 0.717) is 17.9 Å². The molecule has 2 aliphatic rings. The number of rotatable bonds is 4. The van der Waals surface area contributed by atoms with Gasteiger partial charge in [0.05, 0.1) is 18.0 Å². The minimum atomic E-state index is -3.77. The van der Waals surface area contributed by atoms with Gasteiger partial charge in [-0.05, 0) is 49.2 Å². The zero-order valence-corrected chi connectivity index (χ0v) is 22.9. The van der Waals surface area contributed by atoms with Crippen molar-refractivity contribution in [1.29, 1.82) is 0 Å². The van der Waals surface area contributed by atoms with Crippen LogP contribution in [-0.2, 0) is 35.1 Å². The Kier molecular flexibility index (Phi) is 5.48. The molecule has 3 heterocycles. The quantitative estimate of drug-likeness (QED) is 0.270. The number of para-hydroxylation sites is 1. The molecule has 0 N–H and O–H groups in total. The summed E-state index contributed by atoms with van der Waals surface area (Å²) >= 11 is 0. The Morgan fingerprint density at radius 3 is 2.36 bits per heavy atom. The van der Waals surface area contributed by atoms with Crippen molar-refractivity contribution in [2.45, 2.75) is 43.9 Å². The molecule has 6 heteroatoms. The van der Waals surface area contributed by atoms with Crippen LogP contribution in [0.1, 0.15) is 33.5 Å². The molecule has 0 radical (unpaired) electrons. The summed E-state index contributed by atoms with van der Waals surface area (Å²) in [4.78, 5) is 0.309. The van der Waals surface area contributed by atoms with Crippen LogP contribution in [0.3, 0.4) is 0 Å². The molecule has 0 unspecified atom stereocenters. The van der Waals surface area contributed by atoms with E-state index in [0.717, 1.165) is 39.0 Å². The van der Waals surface area contributed by atoms with Gasteiger partial charge in [0, 0.05) is 35.1 Å². The highest BCUT2D eigenvalue weighted by Gasteiger charge is 2.51. The van der Waals surface area contributed by atoms with Crippen LogP contribution in [0, 0.1) is 13.8 Å². The number of sulfonamides is 1. The molecule has 7 rings (SSSR count). The summed E-state index contributed by atoms with van der Waals surface area (Å²) in [6.07, 6.45) is 0.621. The number of benzene rings is 4. The van der Waals surface area contributed by atoms with E-state index in [1.165, 1.54) is 11.1 Å². The van der Waals surface area contributed by atoms with Gasteiger partial charge in [0.2, 0.25) is 10.0 Å². The average molecular weight is 535 g/mol. The molecule has 0 aliphatic carbocycles. The maximum atomic E-state index is 14.1. The number of ether oxygens (including phenoxy) is 1. The summed E-state index contributed by atoms with van der Waals surface area (Å²) in [5, 5.41) is 1.13. The Balaban J connectivity index is 1.45. The van der Waals surface area contributed by atoms with Gasteiger partial charge in [0.15, 0.2) is 5.60 Å². The van der Waals surface area contributed by atoms with Crippen molar-refractivity contribution in [3.8, 4) is 5.75 Å². The third kappa shape index (κ3) is 3.89. The monoisotopic (exact) mass is 534 g/mol. The molecule has 4 aromatic carbocycles. The smallest absolute Gasteiger partial charge is 0.243 e. The van der Waals surface area contributed by atoms with Crippen LogP contribution in [0.5, 0.6) is 5.75 Å². The van der Waals surface area contributed by atoms with E-state index in [1.54, 1.807) is 16.4 Å². The van der Waals surface area contributed by atoms with Crippen LogP contribution in [0.2, 0.25) is 0 Å². The standard InChI is InChI=1S/C33H30N2O3S/c1-23-12-15-27(16-13-23)39(36,37)34-21-30-32(33(22-34)19-26-18-24(2)14-17-31(26)38-33)28-10-6-7-11-29(28)35(30)20-25-8-4-3-5-9-25/h3-18H,19-22H2,1-2H3/t33-/m0/s1. The molecule has 0 saturated heterocycles. The highest BCUT2D eigenvalue weighted by atomic mass is 32.2. The Labute approximate surface area is 229 Å². The van der Waals surface area contributed by atoms with Gasteiger partial charge in [-0.15, -0.1) is 0 Å². The normalized spacial score (nSPS) is 18.7. The topological polar surface area (TPSA) is 51.5 Å². The number of hydrogen-bond donors (Lipinski definition) is 0. The number of aromatic nitrogens is 1. The lowest BCUT2D eigenvalue weighted by Crippen LogP contribution is -2.50. The fourth-order valence-corrected chi connectivity index (χ4v) is 7.77. The highest BCUT2D eigenvalue weighted by Crippen LogP contribution is 2.50. The van der Waals surface area contributed by atoms with E-state index < -0.39 is 15.6 Å². The summed E-state index contributed by atoms with van der Waals surface area (Å²) < 4.78 is 39.0. The number of aryl methyl sites for hydroxylation is 2. The molecule has 39 heavy (non-hydrogen) atoms. The van der Waals surface area contributed by atoms with Crippen LogP contribution < -0.4 is 4.74 Å². The Hall–Kier alpha value is -3.87. The second-order valence-electron chi connectivity index (χ2n) is 10.9. The van der Waals surface area contributed by atoms with Crippen molar-refractivity contribution in [3.63, 3.8) is 0 Å². The summed E-state index contributed by atoms with van der Waals surface area (Å²) in [5.74, 6) is 0.834. The van der Waals surface area contributed by atoms with E-state index in [4.69, 9.17) is 4.74 Å². The van der Waals surface area contributed by atoms with Crippen LogP contribution in [-0.4, -0.2) is 23.8 Å². The Morgan fingerprint density at radius 2 is 1.56 bits per heavy atom. The molecule has 0 fully saturated rings. The van der Waals surface area contributed by atoms with Gasteiger partial charge >= 0.3 is 0 Å². The molecule has 5 aromatic rings. The lowest BCUT2D eigenvalue weighted by atomic mass is 9.84. The molecule has 1 aromatic heterocycles. The fourth-order valence-electron chi connectivity index (χ4n) is 6.32. The van der Waals surface area contributed by atoms with Crippen LogP contribution in [0.15, 0.2) is 102 Å². The number of fused-ring (bicyclic) bond motifs is 5. The van der Waals surface area contributed by atoms with Crippen LogP contribution in [0.4, 0.5) is 0 Å². The molecular weight excluding hydrogens is 504 g/mol. The van der Waals surface area contributed by atoms with Gasteiger partial charge in [-0.3, -0.25) is 0 Å². The van der Waals surface area contributed by atoms with Crippen molar-refractivity contribution >= 4 is 20.9 Å². The molecule has 0 saturated carbocycles. The van der Waals surface area contributed by atoms with Gasteiger partial charge in [-0.1, -0.05) is 83.9 Å². The second kappa shape index (κ2) is 8.83. The molecule has 196 valence electrons. The zero-order chi connectivity index (χ0) is 26.8. The van der Waals surface area contributed by atoms with Crippen molar-refractivity contribution < 1.29 is 13.2 Å². The minimum absolute atomic E-state index is 0.253. The number of hydrogen-bond acceptors (Lipinski definition) is 3. The number of nitrogens with zero attached hydrogens (tertiary/aromatic N) is 2. The molecule has 2 aliphatic heterocycles.